The van der Waals surface area contributed by atoms with Crippen LogP contribution in [-0.4, -0.2) is 43.0 Å². The smallest absolute Gasteiger partial charge is 0.267 e. The van der Waals surface area contributed by atoms with E-state index in [2.05, 4.69) is 22.4 Å². The Morgan fingerprint density at radius 1 is 1.00 bits per heavy atom. The van der Waals surface area contributed by atoms with E-state index in [9.17, 15) is 14.5 Å². The van der Waals surface area contributed by atoms with Crippen LogP contribution in [0.5, 0.6) is 5.75 Å². The normalized spacial score (nSPS) is 17.4. The molecule has 3 aromatic rings. The fourth-order valence-electron chi connectivity index (χ4n) is 4.80. The summed E-state index contributed by atoms with van der Waals surface area (Å²) in [4.78, 5) is 40.5. The van der Waals surface area contributed by atoms with Crippen molar-refractivity contribution in [2.75, 3.05) is 30.4 Å². The number of nitroso groups, excluding NO2 is 1. The third-order valence-corrected chi connectivity index (χ3v) is 6.73. The zero-order valence-corrected chi connectivity index (χ0v) is 20.8. The molecule has 8 nitrogen and oxygen atoms in total. The molecule has 2 aliphatic rings. The monoisotopic (exact) mass is 496 g/mol. The minimum absolute atomic E-state index is 0.147. The van der Waals surface area contributed by atoms with Crippen molar-refractivity contribution in [3.8, 4) is 5.75 Å². The molecule has 0 saturated carbocycles. The van der Waals surface area contributed by atoms with Crippen molar-refractivity contribution in [3.05, 3.63) is 88.8 Å². The second-order valence-corrected chi connectivity index (χ2v) is 9.34. The van der Waals surface area contributed by atoms with Crippen molar-refractivity contribution in [3.63, 3.8) is 0 Å². The minimum Gasteiger partial charge on any atom is -0.490 e. The molecule has 0 aromatic heterocycles. The number of rotatable bonds is 6. The molecule has 0 aliphatic carbocycles. The van der Waals surface area contributed by atoms with E-state index < -0.39 is 11.8 Å². The van der Waals surface area contributed by atoms with Gasteiger partial charge in [0, 0.05) is 31.3 Å². The second kappa shape index (κ2) is 10.4. The first-order chi connectivity index (χ1) is 17.9. The average molecular weight is 497 g/mol. The Labute approximate surface area is 215 Å². The number of nitrogens with zero attached hydrogens (tertiary/aromatic N) is 3. The Hall–Kier alpha value is -4.30. The van der Waals surface area contributed by atoms with Gasteiger partial charge in [-0.15, -0.1) is 4.91 Å². The predicted octanol–water partition coefficient (Wildman–Crippen LogP) is 5.43. The van der Waals surface area contributed by atoms with Crippen LogP contribution in [0.3, 0.4) is 0 Å². The molecular formula is C29H28N4O4. The Morgan fingerprint density at radius 3 is 2.35 bits per heavy atom. The highest BCUT2D eigenvalue weighted by molar-refractivity contribution is 6.43. The third kappa shape index (κ3) is 5.01. The summed E-state index contributed by atoms with van der Waals surface area (Å²) in [5.74, 6) is -0.0980. The molecule has 188 valence electrons. The first-order valence-corrected chi connectivity index (χ1v) is 12.3. The molecule has 0 unspecified atom stereocenters. The topological polar surface area (TPSA) is 91.3 Å². The second-order valence-electron chi connectivity index (χ2n) is 9.34. The molecule has 0 spiro atoms. The molecule has 8 heteroatoms. The highest BCUT2D eigenvalue weighted by atomic mass is 16.5. The summed E-state index contributed by atoms with van der Waals surface area (Å²) in [6.07, 6.45) is 2.19. The van der Waals surface area contributed by atoms with Crippen LogP contribution in [0.15, 0.2) is 78.0 Å². The highest BCUT2D eigenvalue weighted by Gasteiger charge is 2.38. The van der Waals surface area contributed by atoms with E-state index >= 15 is 0 Å². The van der Waals surface area contributed by atoms with Gasteiger partial charge in [0.1, 0.15) is 17.5 Å². The maximum atomic E-state index is 13.6. The van der Waals surface area contributed by atoms with Gasteiger partial charge in [0.2, 0.25) is 5.91 Å². The lowest BCUT2D eigenvalue weighted by Crippen LogP contribution is -2.35. The van der Waals surface area contributed by atoms with Gasteiger partial charge < -0.3 is 15.0 Å². The molecule has 0 bridgehead atoms. The largest absolute Gasteiger partial charge is 0.490 e. The van der Waals surface area contributed by atoms with Gasteiger partial charge in [0.25, 0.3) is 5.91 Å². The van der Waals surface area contributed by atoms with Crippen LogP contribution in [0.2, 0.25) is 0 Å². The number of hydrogen-bond donors (Lipinski definition) is 1. The van der Waals surface area contributed by atoms with Gasteiger partial charge in [-0.3, -0.25) is 9.59 Å². The minimum atomic E-state index is -0.459. The lowest BCUT2D eigenvalue weighted by atomic mass is 10.00. The van der Waals surface area contributed by atoms with Gasteiger partial charge in [-0.25, -0.2) is 4.90 Å². The van der Waals surface area contributed by atoms with Crippen LogP contribution in [0.25, 0.3) is 11.3 Å². The molecule has 2 heterocycles. The summed E-state index contributed by atoms with van der Waals surface area (Å²) in [5, 5.41) is 6.38. The number of piperidine rings is 1. The summed E-state index contributed by atoms with van der Waals surface area (Å²) in [5.41, 5.74) is 3.51. The molecule has 0 atom stereocenters. The molecule has 1 saturated heterocycles. The number of carbonyl (C=O) groups is 2. The molecule has 3 aromatic carbocycles. The summed E-state index contributed by atoms with van der Waals surface area (Å²) in [7, 11) is 2.12. The molecule has 37 heavy (non-hydrogen) atoms. The number of carbonyl (C=O) groups excluding carboxylic acids is 2. The predicted molar refractivity (Wildman–Crippen MR) is 145 cm³/mol. The van der Waals surface area contributed by atoms with Crippen LogP contribution in [0, 0.1) is 4.91 Å². The van der Waals surface area contributed by atoms with Crippen LogP contribution in [0.4, 0.5) is 17.1 Å². The first-order valence-electron chi connectivity index (χ1n) is 12.3. The lowest BCUT2D eigenvalue weighted by Gasteiger charge is -2.29. The summed E-state index contributed by atoms with van der Waals surface area (Å²) >= 11 is 0. The van der Waals surface area contributed by atoms with E-state index in [0.29, 0.717) is 22.5 Å². The number of amides is 2. The van der Waals surface area contributed by atoms with Crippen LogP contribution in [-0.2, 0) is 9.59 Å². The number of ether oxygens (including phenoxy) is 1. The van der Waals surface area contributed by atoms with E-state index in [1.807, 2.05) is 54.6 Å². The van der Waals surface area contributed by atoms with Crippen molar-refractivity contribution in [2.24, 2.45) is 5.18 Å². The average Bonchev–Trinajstić information content (AvgIpc) is 3.21. The molecule has 5 rings (SSSR count). The number of likely N-dealkylation sites (tertiary alicyclic amines) is 1. The fraction of sp³-hybridized carbons (Fsp3) is 0.241. The number of nitrogens with one attached hydrogen (secondary N) is 1. The van der Waals surface area contributed by atoms with Gasteiger partial charge in [0.15, 0.2) is 0 Å². The summed E-state index contributed by atoms with van der Waals surface area (Å²) in [6, 6.07) is 21.8. The zero-order chi connectivity index (χ0) is 25.9. The highest BCUT2D eigenvalue weighted by Crippen LogP contribution is 2.43. The SMILES string of the molecule is CC(=O)N1C(=O)/C(=C(\Nc2ccc(OC3CCN(C)CC3)cc2)c2ccccc2)c2ccc(N=O)cc21. The van der Waals surface area contributed by atoms with Gasteiger partial charge in [-0.2, -0.15) is 0 Å². The Kier molecular flexibility index (Phi) is 6.83. The van der Waals surface area contributed by atoms with Crippen molar-refractivity contribution in [1.29, 1.82) is 0 Å². The quantitative estimate of drug-likeness (QED) is 0.361. The molecule has 2 amide bonds. The number of fused-ring (bicyclic) bond motifs is 1. The van der Waals surface area contributed by atoms with Crippen LogP contribution < -0.4 is 15.0 Å². The third-order valence-electron chi connectivity index (χ3n) is 6.73. The fourth-order valence-corrected chi connectivity index (χ4v) is 4.80. The van der Waals surface area contributed by atoms with Gasteiger partial charge in [-0.05, 0) is 73.1 Å². The van der Waals surface area contributed by atoms with Gasteiger partial charge in [-0.1, -0.05) is 30.3 Å². The maximum Gasteiger partial charge on any atom is 0.267 e. The molecular weight excluding hydrogens is 468 g/mol. The zero-order valence-electron chi connectivity index (χ0n) is 20.8. The molecule has 0 radical (unpaired) electrons. The standard InChI is InChI=1S/C29H28N4O4/c1-19(34)33-26-18-22(31-36)10-13-25(26)27(29(33)35)28(20-6-4-3-5-7-20)30-21-8-11-23(12-9-21)37-24-14-16-32(2)17-15-24/h3-13,18,24,30H,14-17H2,1-2H3/b28-27-. The number of imide groups is 1. The van der Waals surface area contributed by atoms with Gasteiger partial charge >= 0.3 is 0 Å². The van der Waals surface area contributed by atoms with E-state index in [0.717, 1.165) is 47.8 Å². The first kappa shape index (κ1) is 24.4. The lowest BCUT2D eigenvalue weighted by molar-refractivity contribution is -0.122. The van der Waals surface area contributed by atoms with Crippen LogP contribution in [0.1, 0.15) is 30.9 Å². The van der Waals surface area contributed by atoms with Crippen molar-refractivity contribution < 1.29 is 14.3 Å². The van der Waals surface area contributed by atoms with E-state index in [4.69, 9.17) is 4.74 Å². The molecule has 1 fully saturated rings. The Bertz CT molecular complexity index is 1360. The van der Waals surface area contributed by atoms with Crippen molar-refractivity contribution in [1.82, 2.24) is 4.90 Å². The van der Waals surface area contributed by atoms with Crippen molar-refractivity contribution in [2.45, 2.75) is 25.9 Å². The molecule has 1 N–H and O–H groups in total. The molecule has 2 aliphatic heterocycles. The Morgan fingerprint density at radius 2 is 1.70 bits per heavy atom. The van der Waals surface area contributed by atoms with Crippen LogP contribution >= 0.6 is 0 Å². The Balaban J connectivity index is 1.51. The number of anilines is 2. The summed E-state index contributed by atoms with van der Waals surface area (Å²) in [6.45, 7) is 3.37. The number of benzene rings is 3. The van der Waals surface area contributed by atoms with Crippen molar-refractivity contribution >= 4 is 40.1 Å². The van der Waals surface area contributed by atoms with E-state index in [-0.39, 0.29) is 11.8 Å². The van der Waals surface area contributed by atoms with E-state index in [1.54, 1.807) is 12.1 Å². The van der Waals surface area contributed by atoms with E-state index in [1.165, 1.54) is 13.0 Å². The number of hydrogen-bond acceptors (Lipinski definition) is 7. The van der Waals surface area contributed by atoms with Gasteiger partial charge in [0.05, 0.1) is 17.0 Å². The maximum absolute atomic E-state index is 13.6. The summed E-state index contributed by atoms with van der Waals surface area (Å²) < 4.78 is 6.17.